The van der Waals surface area contributed by atoms with E-state index in [0.29, 0.717) is 12.8 Å². The van der Waals surface area contributed by atoms with Crippen LogP contribution in [0.4, 0.5) is 0 Å². The Morgan fingerprint density at radius 3 is 2.50 bits per heavy atom. The van der Waals surface area contributed by atoms with Crippen LogP contribution in [0.1, 0.15) is 35.7 Å². The van der Waals surface area contributed by atoms with Gasteiger partial charge in [0.25, 0.3) is 0 Å². The SMILES string of the molecule is CC#CCCC(=O)c1ccc(C)cc1. The van der Waals surface area contributed by atoms with Gasteiger partial charge in [0.2, 0.25) is 0 Å². The second-order valence-corrected chi connectivity index (χ2v) is 3.22. The minimum Gasteiger partial charge on any atom is -0.294 e. The van der Waals surface area contributed by atoms with Crippen molar-refractivity contribution in [2.45, 2.75) is 26.7 Å². The predicted molar refractivity (Wildman–Crippen MR) is 58.2 cm³/mol. The van der Waals surface area contributed by atoms with Crippen LogP contribution in [-0.4, -0.2) is 5.78 Å². The molecule has 0 aromatic heterocycles. The summed E-state index contributed by atoms with van der Waals surface area (Å²) in [4.78, 5) is 11.6. The van der Waals surface area contributed by atoms with Gasteiger partial charge in [-0.05, 0) is 13.8 Å². The lowest BCUT2D eigenvalue weighted by Crippen LogP contribution is -1.97. The fraction of sp³-hybridized carbons (Fsp3) is 0.308. The standard InChI is InChI=1S/C13H14O/c1-3-4-5-6-13(14)12-9-7-11(2)8-10-12/h7-10H,5-6H2,1-2H3. The summed E-state index contributed by atoms with van der Waals surface area (Å²) in [6.07, 6.45) is 1.17. The molecule has 0 bridgehead atoms. The van der Waals surface area contributed by atoms with Crippen LogP contribution in [-0.2, 0) is 0 Å². The molecule has 0 saturated heterocycles. The quantitative estimate of drug-likeness (QED) is 0.524. The lowest BCUT2D eigenvalue weighted by Gasteiger charge is -1.98. The van der Waals surface area contributed by atoms with Gasteiger partial charge in [0, 0.05) is 18.4 Å². The van der Waals surface area contributed by atoms with Crippen molar-refractivity contribution >= 4 is 5.78 Å². The molecule has 0 heterocycles. The number of aryl methyl sites for hydroxylation is 1. The maximum atomic E-state index is 11.6. The third-order valence-corrected chi connectivity index (χ3v) is 2.03. The van der Waals surface area contributed by atoms with E-state index in [1.807, 2.05) is 31.2 Å². The number of Topliss-reactive ketones (excluding diaryl/α,β-unsaturated/α-hetero) is 1. The summed E-state index contributed by atoms with van der Waals surface area (Å²) in [5, 5.41) is 0. The van der Waals surface area contributed by atoms with Crippen molar-refractivity contribution in [1.82, 2.24) is 0 Å². The number of carbonyl (C=O) groups excluding carboxylic acids is 1. The van der Waals surface area contributed by atoms with E-state index < -0.39 is 0 Å². The normalized spacial score (nSPS) is 9.00. The molecule has 0 atom stereocenters. The van der Waals surface area contributed by atoms with Crippen LogP contribution in [0.5, 0.6) is 0 Å². The predicted octanol–water partition coefficient (Wildman–Crippen LogP) is 2.98. The minimum atomic E-state index is 0.174. The molecular weight excluding hydrogens is 172 g/mol. The molecule has 14 heavy (non-hydrogen) atoms. The van der Waals surface area contributed by atoms with Crippen molar-refractivity contribution in [3.8, 4) is 11.8 Å². The van der Waals surface area contributed by atoms with Gasteiger partial charge in [-0.2, -0.15) is 0 Å². The third kappa shape index (κ3) is 3.06. The molecule has 0 aliphatic heterocycles. The summed E-state index contributed by atoms with van der Waals surface area (Å²) < 4.78 is 0. The Bertz CT molecular complexity index is 362. The highest BCUT2D eigenvalue weighted by atomic mass is 16.1. The molecule has 0 saturated carbocycles. The maximum absolute atomic E-state index is 11.6. The Labute approximate surface area is 85.1 Å². The Hall–Kier alpha value is -1.55. The van der Waals surface area contributed by atoms with E-state index in [4.69, 9.17) is 0 Å². The number of carbonyl (C=O) groups is 1. The molecule has 0 fully saturated rings. The number of rotatable bonds is 3. The van der Waals surface area contributed by atoms with Crippen LogP contribution in [0.2, 0.25) is 0 Å². The van der Waals surface area contributed by atoms with Gasteiger partial charge in [-0.15, -0.1) is 11.8 Å². The molecule has 0 radical (unpaired) electrons. The van der Waals surface area contributed by atoms with Gasteiger partial charge in [-0.3, -0.25) is 4.79 Å². The van der Waals surface area contributed by atoms with E-state index in [9.17, 15) is 4.79 Å². The summed E-state index contributed by atoms with van der Waals surface area (Å²) in [6.45, 7) is 3.80. The Morgan fingerprint density at radius 2 is 1.93 bits per heavy atom. The summed E-state index contributed by atoms with van der Waals surface area (Å²) >= 11 is 0. The first-order valence-electron chi connectivity index (χ1n) is 4.73. The van der Waals surface area contributed by atoms with Crippen molar-refractivity contribution in [3.63, 3.8) is 0 Å². The van der Waals surface area contributed by atoms with Crippen LogP contribution < -0.4 is 0 Å². The number of hydrogen-bond donors (Lipinski definition) is 0. The van der Waals surface area contributed by atoms with Crippen molar-refractivity contribution < 1.29 is 4.79 Å². The molecule has 1 aromatic carbocycles. The average molecular weight is 186 g/mol. The molecular formula is C13H14O. The van der Waals surface area contributed by atoms with Gasteiger partial charge >= 0.3 is 0 Å². The first kappa shape index (κ1) is 10.5. The van der Waals surface area contributed by atoms with Gasteiger partial charge in [0.05, 0.1) is 0 Å². The molecule has 1 heteroatoms. The Balaban J connectivity index is 2.59. The lowest BCUT2D eigenvalue weighted by atomic mass is 10.1. The van der Waals surface area contributed by atoms with E-state index in [1.165, 1.54) is 5.56 Å². The topological polar surface area (TPSA) is 17.1 Å². The fourth-order valence-corrected chi connectivity index (χ4v) is 1.18. The van der Waals surface area contributed by atoms with Crippen molar-refractivity contribution in [2.75, 3.05) is 0 Å². The highest BCUT2D eigenvalue weighted by molar-refractivity contribution is 5.96. The molecule has 0 aliphatic carbocycles. The number of hydrogen-bond acceptors (Lipinski definition) is 1. The molecule has 0 unspecified atom stereocenters. The smallest absolute Gasteiger partial charge is 0.163 e. The minimum absolute atomic E-state index is 0.174. The highest BCUT2D eigenvalue weighted by Gasteiger charge is 2.03. The molecule has 0 spiro atoms. The molecule has 1 nitrogen and oxygen atoms in total. The average Bonchev–Trinajstić information content (AvgIpc) is 2.19. The second-order valence-electron chi connectivity index (χ2n) is 3.22. The number of benzene rings is 1. The molecule has 0 N–H and O–H groups in total. The molecule has 1 aromatic rings. The van der Waals surface area contributed by atoms with Gasteiger partial charge in [-0.1, -0.05) is 29.8 Å². The third-order valence-electron chi connectivity index (χ3n) is 2.03. The summed E-state index contributed by atoms with van der Waals surface area (Å²) in [6, 6.07) is 7.66. The van der Waals surface area contributed by atoms with Crippen molar-refractivity contribution in [3.05, 3.63) is 35.4 Å². The van der Waals surface area contributed by atoms with Crippen LogP contribution in [0.3, 0.4) is 0 Å². The molecule has 0 amide bonds. The summed E-state index contributed by atoms with van der Waals surface area (Å²) in [5.41, 5.74) is 1.96. The zero-order chi connectivity index (χ0) is 10.4. The zero-order valence-electron chi connectivity index (χ0n) is 8.63. The van der Waals surface area contributed by atoms with Crippen molar-refractivity contribution in [2.24, 2.45) is 0 Å². The van der Waals surface area contributed by atoms with Crippen LogP contribution in [0.25, 0.3) is 0 Å². The van der Waals surface area contributed by atoms with E-state index in [-0.39, 0.29) is 5.78 Å². The van der Waals surface area contributed by atoms with E-state index in [1.54, 1.807) is 6.92 Å². The number of ketones is 1. The van der Waals surface area contributed by atoms with Crippen LogP contribution >= 0.6 is 0 Å². The molecule has 72 valence electrons. The highest BCUT2D eigenvalue weighted by Crippen LogP contribution is 2.06. The summed E-state index contributed by atoms with van der Waals surface area (Å²) in [5.74, 6) is 5.84. The first-order chi connectivity index (χ1) is 6.74. The van der Waals surface area contributed by atoms with Gasteiger partial charge in [0.15, 0.2) is 5.78 Å². The lowest BCUT2D eigenvalue weighted by molar-refractivity contribution is 0.0984. The Kier molecular flexibility index (Phi) is 3.94. The van der Waals surface area contributed by atoms with E-state index in [2.05, 4.69) is 11.8 Å². The largest absolute Gasteiger partial charge is 0.294 e. The molecule has 1 rings (SSSR count). The van der Waals surface area contributed by atoms with E-state index >= 15 is 0 Å². The van der Waals surface area contributed by atoms with Crippen LogP contribution in [0.15, 0.2) is 24.3 Å². The second kappa shape index (κ2) is 5.24. The fourth-order valence-electron chi connectivity index (χ4n) is 1.18. The monoisotopic (exact) mass is 186 g/mol. The van der Waals surface area contributed by atoms with Crippen molar-refractivity contribution in [1.29, 1.82) is 0 Å². The zero-order valence-corrected chi connectivity index (χ0v) is 8.63. The molecule has 0 aliphatic rings. The van der Waals surface area contributed by atoms with Gasteiger partial charge < -0.3 is 0 Å². The maximum Gasteiger partial charge on any atom is 0.163 e. The van der Waals surface area contributed by atoms with Gasteiger partial charge in [-0.25, -0.2) is 0 Å². The first-order valence-corrected chi connectivity index (χ1v) is 4.73. The Morgan fingerprint density at radius 1 is 1.29 bits per heavy atom. The van der Waals surface area contributed by atoms with Crippen LogP contribution in [0, 0.1) is 18.8 Å². The van der Waals surface area contributed by atoms with Gasteiger partial charge in [0.1, 0.15) is 0 Å². The van der Waals surface area contributed by atoms with E-state index in [0.717, 1.165) is 5.56 Å². The summed E-state index contributed by atoms with van der Waals surface area (Å²) in [7, 11) is 0.